The molecule has 4 heteroatoms. The number of fused-ring (bicyclic) bond motifs is 1. The van der Waals surface area contributed by atoms with Crippen LogP contribution in [0.25, 0.3) is 10.9 Å². The van der Waals surface area contributed by atoms with Gasteiger partial charge in [0.1, 0.15) is 0 Å². The van der Waals surface area contributed by atoms with Crippen LogP contribution in [0.2, 0.25) is 5.02 Å². The molecule has 0 amide bonds. The van der Waals surface area contributed by atoms with Gasteiger partial charge in [0.25, 0.3) is 0 Å². The lowest BCUT2D eigenvalue weighted by Crippen LogP contribution is -2.04. The average molecular weight is 192 g/mol. The molecule has 0 saturated carbocycles. The average Bonchev–Trinajstić information content (AvgIpc) is 2.43. The lowest BCUT2D eigenvalue weighted by atomic mass is 10.1. The number of hydrogen-bond acceptors (Lipinski definition) is 2. The molecule has 0 fully saturated rings. The maximum Gasteiger partial charge on any atom is 0.0999 e. The molecule has 1 aromatic heterocycles. The van der Waals surface area contributed by atoms with Crippen LogP contribution < -0.4 is 5.84 Å². The summed E-state index contributed by atoms with van der Waals surface area (Å²) in [4.78, 5) is 0. The third-order valence-electron chi connectivity index (χ3n) is 1.93. The van der Waals surface area contributed by atoms with E-state index in [0.29, 0.717) is 16.0 Å². The molecule has 0 aliphatic carbocycles. The van der Waals surface area contributed by atoms with Crippen LogP contribution >= 0.6 is 11.6 Å². The van der Waals surface area contributed by atoms with E-state index in [1.165, 1.54) is 4.68 Å². The number of nitrogens with two attached hydrogens (primary N) is 1. The molecule has 0 spiro atoms. The van der Waals surface area contributed by atoms with E-state index in [1.54, 1.807) is 18.3 Å². The number of halogens is 1. The van der Waals surface area contributed by atoms with E-state index in [9.17, 15) is 0 Å². The van der Waals surface area contributed by atoms with Crippen molar-refractivity contribution in [1.29, 1.82) is 5.26 Å². The molecular weight excluding hydrogens is 186 g/mol. The molecule has 2 rings (SSSR count). The monoisotopic (exact) mass is 191 g/mol. The summed E-state index contributed by atoms with van der Waals surface area (Å²) in [7, 11) is 0. The SMILES string of the molecule is N#Cc1cccc2c1c(Cl)cn2N. The Hall–Kier alpha value is -1.66. The van der Waals surface area contributed by atoms with Crippen molar-refractivity contribution in [3.8, 4) is 6.07 Å². The molecule has 1 heterocycles. The fourth-order valence-electron chi connectivity index (χ4n) is 1.36. The normalized spacial score (nSPS) is 10.2. The standard InChI is InChI=1S/C9H6ClN3/c10-7-5-13(12)8-3-1-2-6(4-11)9(7)8/h1-3,5H,12H2. The zero-order valence-electron chi connectivity index (χ0n) is 6.66. The molecule has 3 nitrogen and oxygen atoms in total. The van der Waals surface area contributed by atoms with Crippen molar-refractivity contribution in [3.63, 3.8) is 0 Å². The van der Waals surface area contributed by atoms with Gasteiger partial charge < -0.3 is 5.84 Å². The van der Waals surface area contributed by atoms with Crippen LogP contribution in [-0.4, -0.2) is 4.68 Å². The summed E-state index contributed by atoms with van der Waals surface area (Å²) >= 11 is 5.91. The Morgan fingerprint density at radius 1 is 1.46 bits per heavy atom. The fourth-order valence-corrected chi connectivity index (χ4v) is 1.66. The molecule has 13 heavy (non-hydrogen) atoms. The van der Waals surface area contributed by atoms with Gasteiger partial charge in [0.2, 0.25) is 0 Å². The van der Waals surface area contributed by atoms with Crippen molar-refractivity contribution in [3.05, 3.63) is 35.0 Å². The van der Waals surface area contributed by atoms with Gasteiger partial charge in [0, 0.05) is 11.6 Å². The van der Waals surface area contributed by atoms with Gasteiger partial charge >= 0.3 is 0 Å². The van der Waals surface area contributed by atoms with Gasteiger partial charge in [-0.05, 0) is 12.1 Å². The van der Waals surface area contributed by atoms with Gasteiger partial charge in [-0.2, -0.15) is 5.26 Å². The highest BCUT2D eigenvalue weighted by Crippen LogP contribution is 2.26. The second kappa shape index (κ2) is 2.68. The minimum Gasteiger partial charge on any atom is -0.339 e. The third kappa shape index (κ3) is 1.04. The van der Waals surface area contributed by atoms with Crippen LogP contribution in [-0.2, 0) is 0 Å². The van der Waals surface area contributed by atoms with Crippen LogP contribution in [0.15, 0.2) is 24.4 Å². The first kappa shape index (κ1) is 7.96. The molecule has 2 N–H and O–H groups in total. The predicted octanol–water partition coefficient (Wildman–Crippen LogP) is 1.88. The molecule has 0 aliphatic heterocycles. The molecule has 2 aromatic rings. The van der Waals surface area contributed by atoms with Gasteiger partial charge in [0.15, 0.2) is 0 Å². The molecule has 0 radical (unpaired) electrons. The maximum absolute atomic E-state index is 8.81. The van der Waals surface area contributed by atoms with Crippen molar-refractivity contribution in [2.75, 3.05) is 5.84 Å². The van der Waals surface area contributed by atoms with E-state index in [2.05, 4.69) is 6.07 Å². The zero-order chi connectivity index (χ0) is 9.42. The molecule has 0 unspecified atom stereocenters. The Kier molecular flexibility index (Phi) is 1.64. The topological polar surface area (TPSA) is 54.7 Å². The maximum atomic E-state index is 8.81. The molecule has 0 atom stereocenters. The number of benzene rings is 1. The van der Waals surface area contributed by atoms with Crippen LogP contribution in [0, 0.1) is 11.3 Å². The summed E-state index contributed by atoms with van der Waals surface area (Å²) < 4.78 is 1.42. The number of aromatic nitrogens is 1. The summed E-state index contributed by atoms with van der Waals surface area (Å²) in [6, 6.07) is 7.39. The van der Waals surface area contributed by atoms with Crippen molar-refractivity contribution < 1.29 is 0 Å². The van der Waals surface area contributed by atoms with Crippen molar-refractivity contribution in [2.45, 2.75) is 0 Å². The first-order valence-corrected chi connectivity index (χ1v) is 4.06. The van der Waals surface area contributed by atoms with Crippen LogP contribution in [0.4, 0.5) is 0 Å². The van der Waals surface area contributed by atoms with Gasteiger partial charge in [-0.25, -0.2) is 0 Å². The smallest absolute Gasteiger partial charge is 0.0999 e. The van der Waals surface area contributed by atoms with E-state index in [4.69, 9.17) is 22.7 Å². The van der Waals surface area contributed by atoms with Gasteiger partial charge in [-0.1, -0.05) is 17.7 Å². The summed E-state index contributed by atoms with van der Waals surface area (Å²) in [6.07, 6.45) is 1.59. The Labute approximate surface area is 79.9 Å². The van der Waals surface area contributed by atoms with Gasteiger partial charge in [-0.15, -0.1) is 0 Å². The molecular formula is C9H6ClN3. The number of hydrogen-bond donors (Lipinski definition) is 1. The molecule has 1 aromatic carbocycles. The minimum atomic E-state index is 0.509. The Morgan fingerprint density at radius 3 is 2.92 bits per heavy atom. The lowest BCUT2D eigenvalue weighted by molar-refractivity contribution is 1.07. The highest BCUT2D eigenvalue weighted by Gasteiger charge is 2.08. The Balaban J connectivity index is 2.99. The highest BCUT2D eigenvalue weighted by atomic mass is 35.5. The Bertz CT molecular complexity index is 507. The second-order valence-electron chi connectivity index (χ2n) is 2.70. The molecule has 64 valence electrons. The highest BCUT2D eigenvalue weighted by molar-refractivity contribution is 6.36. The van der Waals surface area contributed by atoms with Crippen LogP contribution in [0.5, 0.6) is 0 Å². The van der Waals surface area contributed by atoms with Crippen molar-refractivity contribution in [2.24, 2.45) is 0 Å². The lowest BCUT2D eigenvalue weighted by Gasteiger charge is -1.95. The largest absolute Gasteiger partial charge is 0.339 e. The van der Waals surface area contributed by atoms with Crippen molar-refractivity contribution in [1.82, 2.24) is 4.68 Å². The second-order valence-corrected chi connectivity index (χ2v) is 3.10. The van der Waals surface area contributed by atoms with E-state index >= 15 is 0 Å². The van der Waals surface area contributed by atoms with Gasteiger partial charge in [0.05, 0.1) is 22.2 Å². The van der Waals surface area contributed by atoms with Crippen LogP contribution in [0.1, 0.15) is 5.56 Å². The first-order chi connectivity index (χ1) is 6.24. The van der Waals surface area contributed by atoms with Crippen molar-refractivity contribution >= 4 is 22.5 Å². The third-order valence-corrected chi connectivity index (χ3v) is 2.22. The molecule has 0 aliphatic rings. The van der Waals surface area contributed by atoms with Crippen LogP contribution in [0.3, 0.4) is 0 Å². The predicted molar refractivity (Wildman–Crippen MR) is 51.8 cm³/mol. The van der Waals surface area contributed by atoms with E-state index in [0.717, 1.165) is 5.52 Å². The van der Waals surface area contributed by atoms with E-state index in [-0.39, 0.29) is 0 Å². The number of nitrogens with zero attached hydrogens (tertiary/aromatic N) is 2. The zero-order valence-corrected chi connectivity index (χ0v) is 7.42. The minimum absolute atomic E-state index is 0.509. The molecule has 0 saturated heterocycles. The summed E-state index contributed by atoms with van der Waals surface area (Å²) in [6.45, 7) is 0. The van der Waals surface area contributed by atoms with E-state index in [1.807, 2.05) is 6.07 Å². The Morgan fingerprint density at radius 2 is 2.23 bits per heavy atom. The summed E-state index contributed by atoms with van der Waals surface area (Å²) in [5.41, 5.74) is 1.32. The van der Waals surface area contributed by atoms with Gasteiger partial charge in [-0.3, -0.25) is 4.68 Å². The van der Waals surface area contributed by atoms with E-state index < -0.39 is 0 Å². The molecule has 0 bridgehead atoms. The fraction of sp³-hybridized carbons (Fsp3) is 0. The number of nitriles is 1. The quantitative estimate of drug-likeness (QED) is 0.647. The number of nitrogen functional groups attached to an aromatic ring is 1. The summed E-state index contributed by atoms with van der Waals surface area (Å²) in [5, 5.41) is 10.0. The number of rotatable bonds is 0. The first-order valence-electron chi connectivity index (χ1n) is 3.69. The summed E-state index contributed by atoms with van der Waals surface area (Å²) in [5.74, 6) is 5.62.